The molecule has 5 rings (SSSR count). The van der Waals surface area contributed by atoms with Crippen LogP contribution in [0.1, 0.15) is 21.5 Å². The Morgan fingerprint density at radius 1 is 1.00 bits per heavy atom. The van der Waals surface area contributed by atoms with Crippen molar-refractivity contribution >= 4 is 28.9 Å². The summed E-state index contributed by atoms with van der Waals surface area (Å²) in [6.07, 6.45) is 6.90. The molecule has 0 saturated carbocycles. The van der Waals surface area contributed by atoms with Gasteiger partial charge in [-0.25, -0.2) is 9.97 Å². The van der Waals surface area contributed by atoms with E-state index in [0.717, 1.165) is 49.8 Å². The highest BCUT2D eigenvalue weighted by Crippen LogP contribution is 2.35. The number of amides is 1. The van der Waals surface area contributed by atoms with Gasteiger partial charge in [-0.2, -0.15) is 0 Å². The molecule has 0 aliphatic carbocycles. The Labute approximate surface area is 210 Å². The number of pyridine rings is 1. The number of hydrogen-bond acceptors (Lipinski definition) is 7. The molecule has 0 radical (unpaired) electrons. The van der Waals surface area contributed by atoms with E-state index >= 15 is 0 Å². The summed E-state index contributed by atoms with van der Waals surface area (Å²) in [4.78, 5) is 30.5. The minimum atomic E-state index is -0.161. The maximum atomic E-state index is 13.0. The Hall–Kier alpha value is -4.14. The largest absolute Gasteiger partial charge is 0.379 e. The zero-order chi connectivity index (χ0) is 24.7. The normalized spacial score (nSPS) is 13.8. The summed E-state index contributed by atoms with van der Waals surface area (Å²) in [6.45, 7) is 6.28. The van der Waals surface area contributed by atoms with Gasteiger partial charge in [0.05, 0.1) is 30.8 Å². The van der Waals surface area contributed by atoms with Crippen LogP contribution in [-0.2, 0) is 11.3 Å². The molecule has 0 unspecified atom stereocenters. The Morgan fingerprint density at radius 2 is 1.78 bits per heavy atom. The number of nitrogens with one attached hydrogen (secondary N) is 1. The van der Waals surface area contributed by atoms with Gasteiger partial charge in [0.25, 0.3) is 5.91 Å². The van der Waals surface area contributed by atoms with Gasteiger partial charge in [-0.15, -0.1) is 0 Å². The number of aromatic nitrogens is 3. The van der Waals surface area contributed by atoms with E-state index in [1.165, 1.54) is 5.56 Å². The van der Waals surface area contributed by atoms with E-state index in [4.69, 9.17) is 4.74 Å². The summed E-state index contributed by atoms with van der Waals surface area (Å²) in [6, 6.07) is 19.2. The number of carbonyl (C=O) groups excluding carboxylic acids is 1. The van der Waals surface area contributed by atoms with Crippen LogP contribution in [0.2, 0.25) is 0 Å². The Balaban J connectivity index is 1.36. The second-order valence-electron chi connectivity index (χ2n) is 8.64. The lowest BCUT2D eigenvalue weighted by Crippen LogP contribution is -2.35. The molecule has 0 spiro atoms. The number of aryl methyl sites for hydroxylation is 1. The summed E-state index contributed by atoms with van der Waals surface area (Å²) < 4.78 is 5.42. The fourth-order valence-electron chi connectivity index (χ4n) is 4.17. The number of benzene rings is 2. The van der Waals surface area contributed by atoms with Gasteiger partial charge in [-0.1, -0.05) is 18.2 Å². The monoisotopic (exact) mass is 480 g/mol. The van der Waals surface area contributed by atoms with Gasteiger partial charge in [-0.3, -0.25) is 19.6 Å². The predicted octanol–water partition coefficient (Wildman–Crippen LogP) is 4.73. The second kappa shape index (κ2) is 11.1. The van der Waals surface area contributed by atoms with Crippen LogP contribution in [0.4, 0.5) is 23.0 Å². The Bertz CT molecular complexity index is 1250. The van der Waals surface area contributed by atoms with Crippen LogP contribution in [0, 0.1) is 6.92 Å². The number of carbonyl (C=O) groups is 1. The first-order chi connectivity index (χ1) is 17.7. The second-order valence-corrected chi connectivity index (χ2v) is 8.64. The molecule has 1 aliphatic heterocycles. The minimum absolute atomic E-state index is 0.161. The predicted molar refractivity (Wildman–Crippen MR) is 140 cm³/mol. The van der Waals surface area contributed by atoms with Crippen LogP contribution in [0.25, 0.3) is 0 Å². The number of rotatable bonds is 7. The van der Waals surface area contributed by atoms with Crippen molar-refractivity contribution in [2.45, 2.75) is 13.5 Å². The molecular weight excluding hydrogens is 452 g/mol. The summed E-state index contributed by atoms with van der Waals surface area (Å²) >= 11 is 0. The van der Waals surface area contributed by atoms with Crippen LogP contribution >= 0.6 is 0 Å². The van der Waals surface area contributed by atoms with Crippen LogP contribution < -0.4 is 10.2 Å². The summed E-state index contributed by atoms with van der Waals surface area (Å²) in [7, 11) is 0. The Morgan fingerprint density at radius 3 is 2.50 bits per heavy atom. The third kappa shape index (κ3) is 5.56. The van der Waals surface area contributed by atoms with E-state index in [2.05, 4.69) is 25.2 Å². The fraction of sp³-hybridized carbons (Fsp3) is 0.214. The maximum Gasteiger partial charge on any atom is 0.255 e. The van der Waals surface area contributed by atoms with Crippen LogP contribution in [0.15, 0.2) is 85.5 Å². The van der Waals surface area contributed by atoms with Gasteiger partial charge in [0.1, 0.15) is 0 Å². The van der Waals surface area contributed by atoms with Crippen LogP contribution in [-0.4, -0.2) is 52.1 Å². The number of morpholine rings is 1. The van der Waals surface area contributed by atoms with Crippen molar-refractivity contribution in [2.75, 3.05) is 36.5 Å². The molecule has 3 heterocycles. The summed E-state index contributed by atoms with van der Waals surface area (Å²) in [5, 5.41) is 3.04. The van der Waals surface area contributed by atoms with Crippen molar-refractivity contribution in [1.29, 1.82) is 0 Å². The van der Waals surface area contributed by atoms with Gasteiger partial charge < -0.3 is 10.1 Å². The van der Waals surface area contributed by atoms with Gasteiger partial charge >= 0.3 is 0 Å². The standard InChI is InChI=1S/C28H28N6O2/c1-21-5-10-24(18-26(21)34(25-4-2-11-29-19-25)28-30-12-3-13-31-28)32-27(35)23-8-6-22(7-9-23)20-33-14-16-36-17-15-33/h2-13,18-19H,14-17,20H2,1H3,(H,32,35). The molecule has 182 valence electrons. The third-order valence-corrected chi connectivity index (χ3v) is 6.09. The molecule has 2 aromatic heterocycles. The van der Waals surface area contributed by atoms with E-state index in [9.17, 15) is 4.79 Å². The van der Waals surface area contributed by atoms with Gasteiger partial charge in [0.2, 0.25) is 5.95 Å². The van der Waals surface area contributed by atoms with Crippen molar-refractivity contribution in [1.82, 2.24) is 19.9 Å². The highest BCUT2D eigenvalue weighted by atomic mass is 16.5. The van der Waals surface area contributed by atoms with Gasteiger partial charge in [0.15, 0.2) is 0 Å². The fourth-order valence-corrected chi connectivity index (χ4v) is 4.17. The average Bonchev–Trinajstić information content (AvgIpc) is 2.93. The molecule has 0 atom stereocenters. The lowest BCUT2D eigenvalue weighted by molar-refractivity contribution is 0.0342. The molecule has 1 amide bonds. The van der Waals surface area contributed by atoms with E-state index < -0.39 is 0 Å². The number of hydrogen-bond donors (Lipinski definition) is 1. The van der Waals surface area contributed by atoms with Crippen molar-refractivity contribution in [2.24, 2.45) is 0 Å². The molecular formula is C28H28N6O2. The summed E-state index contributed by atoms with van der Waals surface area (Å²) in [5.74, 6) is 0.361. The summed E-state index contributed by atoms with van der Waals surface area (Å²) in [5.41, 5.74) is 5.16. The third-order valence-electron chi connectivity index (χ3n) is 6.09. The van der Waals surface area contributed by atoms with Crippen molar-refractivity contribution in [3.63, 3.8) is 0 Å². The molecule has 1 N–H and O–H groups in total. The highest BCUT2D eigenvalue weighted by molar-refractivity contribution is 6.04. The number of ether oxygens (including phenoxy) is 1. The van der Waals surface area contributed by atoms with Crippen molar-refractivity contribution in [3.05, 3.63) is 102 Å². The van der Waals surface area contributed by atoms with E-state index in [0.29, 0.717) is 17.2 Å². The van der Waals surface area contributed by atoms with Crippen molar-refractivity contribution < 1.29 is 9.53 Å². The van der Waals surface area contributed by atoms with Gasteiger partial charge in [0, 0.05) is 49.5 Å². The average molecular weight is 481 g/mol. The van der Waals surface area contributed by atoms with Crippen molar-refractivity contribution in [3.8, 4) is 0 Å². The zero-order valence-corrected chi connectivity index (χ0v) is 20.2. The van der Waals surface area contributed by atoms with Crippen LogP contribution in [0.3, 0.4) is 0 Å². The molecule has 1 fully saturated rings. The molecule has 36 heavy (non-hydrogen) atoms. The number of anilines is 4. The van der Waals surface area contributed by atoms with E-state index in [-0.39, 0.29) is 5.91 Å². The molecule has 1 saturated heterocycles. The topological polar surface area (TPSA) is 83.5 Å². The quantitative estimate of drug-likeness (QED) is 0.409. The highest BCUT2D eigenvalue weighted by Gasteiger charge is 2.18. The number of nitrogens with zero attached hydrogens (tertiary/aromatic N) is 5. The lowest BCUT2D eigenvalue weighted by atomic mass is 10.1. The molecule has 0 bridgehead atoms. The zero-order valence-electron chi connectivity index (χ0n) is 20.2. The molecule has 1 aliphatic rings. The SMILES string of the molecule is Cc1ccc(NC(=O)c2ccc(CN3CCOCC3)cc2)cc1N(c1cccnc1)c1ncccn1. The smallest absolute Gasteiger partial charge is 0.255 e. The van der Waals surface area contributed by atoms with E-state index in [1.54, 1.807) is 30.9 Å². The Kier molecular flexibility index (Phi) is 7.25. The lowest BCUT2D eigenvalue weighted by Gasteiger charge is -2.26. The molecule has 2 aromatic carbocycles. The molecule has 8 heteroatoms. The molecule has 4 aromatic rings. The first kappa shape index (κ1) is 23.6. The molecule has 8 nitrogen and oxygen atoms in total. The van der Waals surface area contributed by atoms with Crippen LogP contribution in [0.5, 0.6) is 0 Å². The van der Waals surface area contributed by atoms with E-state index in [1.807, 2.05) is 66.4 Å². The van der Waals surface area contributed by atoms with Gasteiger partial charge in [-0.05, 0) is 60.5 Å². The minimum Gasteiger partial charge on any atom is -0.379 e. The first-order valence-electron chi connectivity index (χ1n) is 12.0. The maximum absolute atomic E-state index is 13.0. The first-order valence-corrected chi connectivity index (χ1v) is 12.0.